The topological polar surface area (TPSA) is 50.4 Å². The highest BCUT2D eigenvalue weighted by atomic mass is 16.5. The Morgan fingerprint density at radius 3 is 2.65 bits per heavy atom. The predicted octanol–water partition coefficient (Wildman–Crippen LogP) is 1.75. The molecule has 20 heavy (non-hydrogen) atoms. The third kappa shape index (κ3) is 4.62. The second kappa shape index (κ2) is 8.02. The standard InChI is InChI=1S/C16H24N2O2/c1-2-13-3-5-14(6-4-13)16(19)18-11-12-20-15-7-9-17-10-8-15/h3-6,15,17H,2,7-12H2,1H3,(H,18,19). The van der Waals surface area contributed by atoms with Crippen LogP contribution >= 0.6 is 0 Å². The molecular weight excluding hydrogens is 252 g/mol. The van der Waals surface area contributed by atoms with E-state index in [4.69, 9.17) is 4.74 Å². The first-order valence-corrected chi connectivity index (χ1v) is 7.49. The molecule has 2 N–H and O–H groups in total. The summed E-state index contributed by atoms with van der Waals surface area (Å²) in [6.45, 7) is 5.32. The van der Waals surface area contributed by atoms with Gasteiger partial charge in [0.25, 0.3) is 5.91 Å². The predicted molar refractivity (Wildman–Crippen MR) is 80.0 cm³/mol. The minimum atomic E-state index is -0.0263. The van der Waals surface area contributed by atoms with Crippen LogP contribution in [-0.4, -0.2) is 38.3 Å². The molecule has 2 rings (SSSR count). The molecule has 0 aromatic heterocycles. The van der Waals surface area contributed by atoms with E-state index in [9.17, 15) is 4.79 Å². The van der Waals surface area contributed by atoms with Crippen LogP contribution < -0.4 is 10.6 Å². The highest BCUT2D eigenvalue weighted by Crippen LogP contribution is 2.07. The highest BCUT2D eigenvalue weighted by Gasteiger charge is 2.13. The van der Waals surface area contributed by atoms with Crippen molar-refractivity contribution in [3.8, 4) is 0 Å². The fraction of sp³-hybridized carbons (Fsp3) is 0.562. The van der Waals surface area contributed by atoms with Crippen LogP contribution in [0.5, 0.6) is 0 Å². The van der Waals surface area contributed by atoms with Gasteiger partial charge in [-0.05, 0) is 50.0 Å². The van der Waals surface area contributed by atoms with Gasteiger partial charge in [0.15, 0.2) is 0 Å². The average molecular weight is 276 g/mol. The zero-order valence-corrected chi connectivity index (χ0v) is 12.2. The molecular formula is C16H24N2O2. The van der Waals surface area contributed by atoms with Gasteiger partial charge in [-0.2, -0.15) is 0 Å². The quantitative estimate of drug-likeness (QED) is 0.778. The number of aryl methyl sites for hydroxylation is 1. The molecule has 0 unspecified atom stereocenters. The van der Waals surface area contributed by atoms with Crippen LogP contribution in [0, 0.1) is 0 Å². The molecule has 0 atom stereocenters. The Morgan fingerprint density at radius 2 is 2.00 bits per heavy atom. The normalized spacial score (nSPS) is 16.1. The molecule has 1 aliphatic heterocycles. The SMILES string of the molecule is CCc1ccc(C(=O)NCCOC2CCNCC2)cc1. The molecule has 0 radical (unpaired) electrons. The Labute approximate surface area is 120 Å². The lowest BCUT2D eigenvalue weighted by atomic mass is 10.1. The van der Waals surface area contributed by atoms with Gasteiger partial charge < -0.3 is 15.4 Å². The van der Waals surface area contributed by atoms with Crippen molar-refractivity contribution in [1.29, 1.82) is 0 Å². The molecule has 0 aliphatic carbocycles. The van der Waals surface area contributed by atoms with Gasteiger partial charge in [0, 0.05) is 12.1 Å². The van der Waals surface area contributed by atoms with Crippen LogP contribution in [0.25, 0.3) is 0 Å². The first kappa shape index (κ1) is 15.0. The Balaban J connectivity index is 1.66. The van der Waals surface area contributed by atoms with Gasteiger partial charge in [0.05, 0.1) is 12.7 Å². The summed E-state index contributed by atoms with van der Waals surface area (Å²) in [4.78, 5) is 11.9. The zero-order valence-electron chi connectivity index (χ0n) is 12.2. The lowest BCUT2D eigenvalue weighted by Gasteiger charge is -2.22. The fourth-order valence-electron chi connectivity index (χ4n) is 2.35. The van der Waals surface area contributed by atoms with Crippen LogP contribution in [0.2, 0.25) is 0 Å². The summed E-state index contributed by atoms with van der Waals surface area (Å²) in [6.07, 6.45) is 3.46. The van der Waals surface area contributed by atoms with Gasteiger partial charge in [0.2, 0.25) is 0 Å². The molecule has 1 saturated heterocycles. The van der Waals surface area contributed by atoms with Crippen molar-refractivity contribution >= 4 is 5.91 Å². The molecule has 1 aromatic rings. The van der Waals surface area contributed by atoms with Gasteiger partial charge in [-0.15, -0.1) is 0 Å². The van der Waals surface area contributed by atoms with Crippen LogP contribution in [0.4, 0.5) is 0 Å². The summed E-state index contributed by atoms with van der Waals surface area (Å²) in [7, 11) is 0. The van der Waals surface area contributed by atoms with E-state index in [-0.39, 0.29) is 5.91 Å². The smallest absolute Gasteiger partial charge is 0.251 e. The molecule has 1 amide bonds. The molecule has 110 valence electrons. The molecule has 1 heterocycles. The van der Waals surface area contributed by atoms with Gasteiger partial charge in [-0.3, -0.25) is 4.79 Å². The van der Waals surface area contributed by atoms with Crippen molar-refractivity contribution in [1.82, 2.24) is 10.6 Å². The fourth-order valence-corrected chi connectivity index (χ4v) is 2.35. The lowest BCUT2D eigenvalue weighted by Crippen LogP contribution is -2.34. The molecule has 0 saturated carbocycles. The molecule has 4 nitrogen and oxygen atoms in total. The molecule has 1 aromatic carbocycles. The largest absolute Gasteiger partial charge is 0.376 e. The Bertz CT molecular complexity index is 411. The summed E-state index contributed by atoms with van der Waals surface area (Å²) in [6, 6.07) is 7.75. The van der Waals surface area contributed by atoms with Gasteiger partial charge in [0.1, 0.15) is 0 Å². The van der Waals surface area contributed by atoms with Crippen molar-refractivity contribution in [3.63, 3.8) is 0 Å². The summed E-state index contributed by atoms with van der Waals surface area (Å²) < 4.78 is 5.75. The monoisotopic (exact) mass is 276 g/mol. The maximum atomic E-state index is 11.9. The number of carbonyl (C=O) groups excluding carboxylic acids is 1. The van der Waals surface area contributed by atoms with E-state index in [1.807, 2.05) is 24.3 Å². The number of hydrogen-bond donors (Lipinski definition) is 2. The minimum Gasteiger partial charge on any atom is -0.376 e. The number of nitrogens with one attached hydrogen (secondary N) is 2. The Hall–Kier alpha value is -1.39. The van der Waals surface area contributed by atoms with E-state index in [0.29, 0.717) is 24.8 Å². The third-order valence-electron chi connectivity index (χ3n) is 3.65. The van der Waals surface area contributed by atoms with Crippen LogP contribution in [0.1, 0.15) is 35.7 Å². The molecule has 1 fully saturated rings. The third-order valence-corrected chi connectivity index (χ3v) is 3.65. The van der Waals surface area contributed by atoms with Crippen LogP contribution in [-0.2, 0) is 11.2 Å². The Kier molecular flexibility index (Phi) is 6.02. The molecule has 1 aliphatic rings. The number of ether oxygens (including phenoxy) is 1. The van der Waals surface area contributed by atoms with E-state index >= 15 is 0 Å². The van der Waals surface area contributed by atoms with Crippen molar-refractivity contribution in [2.45, 2.75) is 32.3 Å². The molecule has 0 spiro atoms. The summed E-state index contributed by atoms with van der Waals surface area (Å²) >= 11 is 0. The molecule has 4 heteroatoms. The van der Waals surface area contributed by atoms with E-state index < -0.39 is 0 Å². The maximum absolute atomic E-state index is 11.9. The van der Waals surface area contributed by atoms with Crippen molar-refractivity contribution in [2.24, 2.45) is 0 Å². The minimum absolute atomic E-state index is 0.0263. The van der Waals surface area contributed by atoms with Crippen LogP contribution in [0.15, 0.2) is 24.3 Å². The second-order valence-corrected chi connectivity index (χ2v) is 5.13. The zero-order chi connectivity index (χ0) is 14.2. The van der Waals surface area contributed by atoms with E-state index in [0.717, 1.165) is 32.4 Å². The maximum Gasteiger partial charge on any atom is 0.251 e. The van der Waals surface area contributed by atoms with Gasteiger partial charge in [-0.1, -0.05) is 19.1 Å². The first-order valence-electron chi connectivity index (χ1n) is 7.49. The van der Waals surface area contributed by atoms with Crippen LogP contribution in [0.3, 0.4) is 0 Å². The van der Waals surface area contributed by atoms with Crippen molar-refractivity contribution < 1.29 is 9.53 Å². The van der Waals surface area contributed by atoms with E-state index in [1.165, 1.54) is 5.56 Å². The average Bonchev–Trinajstić information content (AvgIpc) is 2.52. The number of piperidine rings is 1. The Morgan fingerprint density at radius 1 is 1.30 bits per heavy atom. The summed E-state index contributed by atoms with van der Waals surface area (Å²) in [5.74, 6) is -0.0263. The first-order chi connectivity index (χ1) is 9.79. The van der Waals surface area contributed by atoms with Crippen molar-refractivity contribution in [2.75, 3.05) is 26.2 Å². The van der Waals surface area contributed by atoms with E-state index in [2.05, 4.69) is 17.6 Å². The van der Waals surface area contributed by atoms with Gasteiger partial charge >= 0.3 is 0 Å². The molecule has 0 bridgehead atoms. The number of hydrogen-bond acceptors (Lipinski definition) is 3. The number of rotatable bonds is 6. The number of amides is 1. The summed E-state index contributed by atoms with van der Waals surface area (Å²) in [5, 5.41) is 6.20. The van der Waals surface area contributed by atoms with Crippen molar-refractivity contribution in [3.05, 3.63) is 35.4 Å². The summed E-state index contributed by atoms with van der Waals surface area (Å²) in [5.41, 5.74) is 1.96. The van der Waals surface area contributed by atoms with E-state index in [1.54, 1.807) is 0 Å². The lowest BCUT2D eigenvalue weighted by molar-refractivity contribution is 0.0343. The number of benzene rings is 1. The van der Waals surface area contributed by atoms with Gasteiger partial charge in [-0.25, -0.2) is 0 Å². The number of carbonyl (C=O) groups is 1. The highest BCUT2D eigenvalue weighted by molar-refractivity contribution is 5.94. The second-order valence-electron chi connectivity index (χ2n) is 5.13.